The fourth-order valence-electron chi connectivity index (χ4n) is 2.90. The maximum absolute atomic E-state index is 12.1. The van der Waals surface area contributed by atoms with Gasteiger partial charge in [0.15, 0.2) is 6.29 Å². The lowest BCUT2D eigenvalue weighted by Gasteiger charge is -2.24. The molecular weight excluding hydrogens is 396 g/mol. The van der Waals surface area contributed by atoms with Crippen LogP contribution in [0.25, 0.3) is 0 Å². The van der Waals surface area contributed by atoms with Gasteiger partial charge in [0.05, 0.1) is 23.2 Å². The maximum Gasteiger partial charge on any atom is 0.408 e. The van der Waals surface area contributed by atoms with Gasteiger partial charge >= 0.3 is 12.1 Å². The molecule has 1 atom stereocenters. The van der Waals surface area contributed by atoms with Gasteiger partial charge in [-0.25, -0.2) is 9.80 Å². The van der Waals surface area contributed by atoms with Crippen molar-refractivity contribution in [2.24, 2.45) is 10.8 Å². The van der Waals surface area contributed by atoms with Crippen LogP contribution >= 0.6 is 11.6 Å². The van der Waals surface area contributed by atoms with E-state index in [0.29, 0.717) is 28.4 Å². The summed E-state index contributed by atoms with van der Waals surface area (Å²) in [5.74, 6) is 0. The first-order valence-electron chi connectivity index (χ1n) is 8.92. The molecule has 0 spiro atoms. The molecule has 9 heteroatoms. The van der Waals surface area contributed by atoms with Crippen molar-refractivity contribution < 1.29 is 19.1 Å². The summed E-state index contributed by atoms with van der Waals surface area (Å²) in [6.45, 7) is 5.48. The Labute approximate surface area is 173 Å². The molecule has 0 saturated heterocycles. The Morgan fingerprint density at radius 1 is 1.34 bits per heavy atom. The molecule has 0 aromatic heterocycles. The number of amides is 2. The molecule has 0 aliphatic carbocycles. The molecule has 1 aliphatic heterocycles. The summed E-state index contributed by atoms with van der Waals surface area (Å²) in [5, 5.41) is 6.12. The second-order valence-electron chi connectivity index (χ2n) is 6.65. The summed E-state index contributed by atoms with van der Waals surface area (Å²) in [4.78, 5) is 24.9. The normalized spacial score (nSPS) is 15.7. The van der Waals surface area contributed by atoms with E-state index in [1.54, 1.807) is 42.5 Å². The smallest absolute Gasteiger partial charge is 0.408 e. The maximum atomic E-state index is 12.1. The molecular formula is C20H21ClN4O4. The Balaban J connectivity index is 1.96. The number of anilines is 3. The number of halogens is 1. The average Bonchev–Trinajstić information content (AvgIpc) is 3.05. The highest BCUT2D eigenvalue weighted by Crippen LogP contribution is 2.33. The van der Waals surface area contributed by atoms with E-state index in [9.17, 15) is 9.59 Å². The number of aryl methyl sites for hydroxylation is 1. The van der Waals surface area contributed by atoms with Gasteiger partial charge in [0.1, 0.15) is 0 Å². The third-order valence-electron chi connectivity index (χ3n) is 4.08. The number of hydrogen-bond acceptors (Lipinski definition) is 6. The van der Waals surface area contributed by atoms with Crippen LogP contribution in [0.5, 0.6) is 0 Å². The Hall–Kier alpha value is -3.26. The molecule has 2 aromatic rings. The lowest BCUT2D eigenvalue weighted by atomic mass is 10.1. The number of carbonyl (C=O) groups excluding carboxylic acids is 2. The van der Waals surface area contributed by atoms with Gasteiger partial charge in [0.2, 0.25) is 0 Å². The van der Waals surface area contributed by atoms with Gasteiger partial charge in [-0.2, -0.15) is 0 Å². The van der Waals surface area contributed by atoms with Crippen LogP contribution in [0.3, 0.4) is 0 Å². The predicted octanol–water partition coefficient (Wildman–Crippen LogP) is 3.92. The summed E-state index contributed by atoms with van der Waals surface area (Å²) in [5.41, 5.74) is 8.07. The number of ether oxygens (including phenoxy) is 2. The number of urea groups is 1. The van der Waals surface area contributed by atoms with Crippen LogP contribution in [0, 0.1) is 6.92 Å². The third kappa shape index (κ3) is 4.43. The van der Waals surface area contributed by atoms with Crippen LogP contribution in [0.2, 0.25) is 5.02 Å². The van der Waals surface area contributed by atoms with Crippen LogP contribution in [0.4, 0.5) is 21.9 Å². The summed E-state index contributed by atoms with van der Waals surface area (Å²) in [6, 6.07) is 11.4. The van der Waals surface area contributed by atoms with E-state index in [1.165, 1.54) is 9.91 Å². The zero-order valence-electron chi connectivity index (χ0n) is 16.2. The third-order valence-corrected chi connectivity index (χ3v) is 4.31. The molecule has 2 N–H and O–H groups in total. The number of rotatable bonds is 5. The second kappa shape index (κ2) is 8.40. The predicted molar refractivity (Wildman–Crippen MR) is 111 cm³/mol. The number of nitrogens with two attached hydrogens (primary N) is 1. The van der Waals surface area contributed by atoms with Crippen molar-refractivity contribution in [1.82, 2.24) is 0 Å². The minimum atomic E-state index is -0.936. The molecule has 0 bridgehead atoms. The van der Waals surface area contributed by atoms with Crippen LogP contribution in [0.1, 0.15) is 19.4 Å². The fourth-order valence-corrected chi connectivity index (χ4v) is 3.08. The summed E-state index contributed by atoms with van der Waals surface area (Å²) >= 11 is 6.05. The van der Waals surface area contributed by atoms with Crippen molar-refractivity contribution >= 4 is 47.1 Å². The molecule has 3 rings (SSSR count). The Morgan fingerprint density at radius 3 is 2.69 bits per heavy atom. The highest BCUT2D eigenvalue weighted by atomic mass is 35.5. The summed E-state index contributed by atoms with van der Waals surface area (Å²) < 4.78 is 10.8. The first kappa shape index (κ1) is 20.5. The summed E-state index contributed by atoms with van der Waals surface area (Å²) in [6.07, 6.45) is -0.428. The van der Waals surface area contributed by atoms with E-state index in [1.807, 2.05) is 20.8 Å². The lowest BCUT2D eigenvalue weighted by molar-refractivity contribution is -0.114. The van der Waals surface area contributed by atoms with Gasteiger partial charge in [-0.3, -0.25) is 9.69 Å². The Kier molecular flexibility index (Phi) is 5.93. The zero-order valence-corrected chi connectivity index (χ0v) is 17.0. The van der Waals surface area contributed by atoms with E-state index >= 15 is 0 Å². The minimum Gasteiger partial charge on any atom is -0.447 e. The van der Waals surface area contributed by atoms with Crippen LogP contribution in [-0.4, -0.2) is 30.7 Å². The van der Waals surface area contributed by atoms with Crippen molar-refractivity contribution in [1.29, 1.82) is 0 Å². The zero-order chi connectivity index (χ0) is 21.1. The first-order chi connectivity index (χ1) is 13.8. The Bertz CT molecular complexity index is 963. The quantitative estimate of drug-likeness (QED) is 0.745. The highest BCUT2D eigenvalue weighted by Gasteiger charge is 2.31. The van der Waals surface area contributed by atoms with Crippen molar-refractivity contribution in [3.05, 3.63) is 53.1 Å². The molecule has 0 radical (unpaired) electrons. The topological polar surface area (TPSA) is 97.5 Å². The summed E-state index contributed by atoms with van der Waals surface area (Å²) in [7, 11) is 0. The van der Waals surface area contributed by atoms with Crippen molar-refractivity contribution in [2.45, 2.75) is 33.1 Å². The number of carbonyl (C=O) groups is 2. The van der Waals surface area contributed by atoms with E-state index in [-0.39, 0.29) is 12.2 Å². The monoisotopic (exact) mass is 416 g/mol. The number of nitrogens with zero attached hydrogens (tertiary/aromatic N) is 3. The molecule has 1 unspecified atom stereocenters. The number of hydrogen-bond donors (Lipinski definition) is 1. The lowest BCUT2D eigenvalue weighted by Crippen LogP contribution is -2.32. The molecule has 2 aromatic carbocycles. The van der Waals surface area contributed by atoms with Crippen molar-refractivity contribution in [2.75, 3.05) is 9.91 Å². The van der Waals surface area contributed by atoms with E-state index in [0.717, 1.165) is 5.56 Å². The molecule has 1 aliphatic rings. The fraction of sp³-hybridized carbons (Fsp3) is 0.250. The standard InChI is InChI=1S/C20H21ClN4O4/c1-12(2)28-20-23-25(18(11-26)29-20)16-7-8-17(13(3)9-16)24(19(22)27)15-6-4-5-14(21)10-15/h4-12,18H,1-3H3,(H2,22,27). The SMILES string of the molecule is Cc1cc(N2N=C(OC(C)C)OC2C=O)ccc1N(C(N)=O)c1cccc(Cl)c1. The second-order valence-corrected chi connectivity index (χ2v) is 7.08. The van der Waals surface area contributed by atoms with E-state index in [2.05, 4.69) is 5.10 Å². The van der Waals surface area contributed by atoms with Gasteiger partial charge in [0, 0.05) is 5.02 Å². The molecule has 0 saturated carbocycles. The molecule has 0 fully saturated rings. The number of benzene rings is 2. The van der Waals surface area contributed by atoms with Gasteiger partial charge in [0.25, 0.3) is 6.23 Å². The number of primary amides is 1. The average molecular weight is 417 g/mol. The van der Waals surface area contributed by atoms with Crippen molar-refractivity contribution in [3.63, 3.8) is 0 Å². The van der Waals surface area contributed by atoms with Gasteiger partial charge in [-0.1, -0.05) is 22.8 Å². The van der Waals surface area contributed by atoms with Crippen molar-refractivity contribution in [3.8, 4) is 0 Å². The van der Waals surface area contributed by atoms with Gasteiger partial charge in [-0.05, 0) is 62.7 Å². The molecule has 1 heterocycles. The molecule has 29 heavy (non-hydrogen) atoms. The van der Waals surface area contributed by atoms with E-state index in [4.69, 9.17) is 26.8 Å². The minimum absolute atomic E-state index is 0.0246. The number of aldehydes is 1. The molecule has 2 amide bonds. The number of hydrazone groups is 1. The molecule has 8 nitrogen and oxygen atoms in total. The largest absolute Gasteiger partial charge is 0.447 e. The van der Waals surface area contributed by atoms with Crippen LogP contribution < -0.4 is 15.6 Å². The van der Waals surface area contributed by atoms with Gasteiger partial charge < -0.3 is 15.2 Å². The first-order valence-corrected chi connectivity index (χ1v) is 9.30. The van der Waals surface area contributed by atoms with Crippen LogP contribution in [0.15, 0.2) is 47.6 Å². The van der Waals surface area contributed by atoms with Gasteiger partial charge in [-0.15, -0.1) is 0 Å². The van der Waals surface area contributed by atoms with Crippen LogP contribution in [-0.2, 0) is 14.3 Å². The highest BCUT2D eigenvalue weighted by molar-refractivity contribution is 6.31. The Morgan fingerprint density at radius 2 is 2.10 bits per heavy atom. The van der Waals surface area contributed by atoms with E-state index < -0.39 is 12.3 Å². The molecule has 152 valence electrons.